The molecule has 3 aliphatic carbocycles. The minimum Gasteiger partial charge on any atom is -0.507 e. The summed E-state index contributed by atoms with van der Waals surface area (Å²) in [4.78, 5) is 80.9. The number of Topliss-reactive ketones (excluding diaryl/α,β-unsaturated/α-hetero) is 4. The number of ether oxygens (including phenoxy) is 1. The van der Waals surface area contributed by atoms with Crippen molar-refractivity contribution in [3.05, 3.63) is 28.8 Å². The zero-order chi connectivity index (χ0) is 34.2. The third-order valence-electron chi connectivity index (χ3n) is 9.89. The molecule has 8 atom stereocenters. The Bertz CT molecular complexity index is 1580. The SMILES string of the molecule is CC(=O)OCCCC(C)(C)c1ccc2c(c1O)C(=O)C1C(=O)[C@]3(C#N)C(=O)C(C(N)=O)C(=O)[C@@H](N(C)C)[C@]3(N)[C@@H](O)[C@]1(N)[C@H]2N. The molecule has 4 rings (SSSR count). The molecule has 15 heteroatoms. The highest BCUT2D eigenvalue weighted by Gasteiger charge is 2.83. The summed E-state index contributed by atoms with van der Waals surface area (Å²) in [6.07, 6.45) is -1.52. The van der Waals surface area contributed by atoms with E-state index in [-0.39, 0.29) is 17.7 Å². The van der Waals surface area contributed by atoms with E-state index in [9.17, 15) is 44.2 Å². The molecule has 1 aromatic rings. The molecule has 3 aliphatic rings. The number of rotatable bonds is 7. The van der Waals surface area contributed by atoms with Gasteiger partial charge in [-0.3, -0.25) is 33.7 Å². The van der Waals surface area contributed by atoms with Gasteiger partial charge in [-0.2, -0.15) is 5.26 Å². The van der Waals surface area contributed by atoms with E-state index in [1.165, 1.54) is 33.2 Å². The Hall–Kier alpha value is -4.07. The number of esters is 1. The van der Waals surface area contributed by atoms with Crippen LogP contribution in [0.2, 0.25) is 0 Å². The minimum atomic E-state index is -3.14. The molecule has 2 fully saturated rings. The van der Waals surface area contributed by atoms with E-state index in [1.807, 2.05) is 0 Å². The number of phenolic OH excluding ortho intramolecular Hbond substituents is 1. The molecule has 1 amide bonds. The summed E-state index contributed by atoms with van der Waals surface area (Å²) in [5.41, 5.74) is 16.0. The van der Waals surface area contributed by atoms with Gasteiger partial charge in [-0.25, -0.2) is 0 Å². The zero-order valence-electron chi connectivity index (χ0n) is 25.6. The fourth-order valence-corrected chi connectivity index (χ4v) is 7.67. The maximum atomic E-state index is 14.5. The first kappa shape index (κ1) is 33.8. The number of hydrogen-bond acceptors (Lipinski definition) is 14. The van der Waals surface area contributed by atoms with Crippen molar-refractivity contribution in [3.8, 4) is 11.8 Å². The van der Waals surface area contributed by atoms with Crippen molar-refractivity contribution < 1.29 is 43.7 Å². The van der Waals surface area contributed by atoms with Crippen molar-refractivity contribution in [1.82, 2.24) is 4.90 Å². The van der Waals surface area contributed by atoms with E-state index >= 15 is 0 Å². The predicted octanol–water partition coefficient (Wildman–Crippen LogP) is -2.14. The van der Waals surface area contributed by atoms with Gasteiger partial charge >= 0.3 is 5.97 Å². The number of likely N-dealkylation sites (N-methyl/N-ethyl adjacent to an activating group) is 1. The van der Waals surface area contributed by atoms with Gasteiger partial charge in [0.2, 0.25) is 5.91 Å². The normalized spacial score (nSPS) is 34.5. The third-order valence-corrected chi connectivity index (χ3v) is 9.89. The number of hydrogen-bond donors (Lipinski definition) is 6. The topological polar surface area (TPSA) is 283 Å². The van der Waals surface area contributed by atoms with Crippen LogP contribution in [-0.4, -0.2) is 94.0 Å². The number of ketones is 4. The quantitative estimate of drug-likeness (QED) is 0.107. The standard InChI is InChI=1S/C30H38N6O9/c1-12(37)45-10-6-9-27(2,3)14-8-7-13-15(18(14)38)19(39)17-24(42)28(11-31)23(41)16(25(33)43)20(40)22(36(4)5)30(28,35)26(44)29(17,34)21(13)32/h7-8,16-17,21-22,26,38,44H,6,9-10,32,34-35H2,1-5H3,(H2,33,43)/t16?,17?,21-,22+,26-,28-,29+,30-/m0/s1. The van der Waals surface area contributed by atoms with Crippen molar-refractivity contribution in [3.63, 3.8) is 0 Å². The third kappa shape index (κ3) is 4.20. The number of aliphatic hydroxyl groups is 1. The van der Waals surface area contributed by atoms with Crippen LogP contribution in [0.5, 0.6) is 5.75 Å². The molecule has 0 aromatic heterocycles. The minimum absolute atomic E-state index is 0.0412. The van der Waals surface area contributed by atoms with E-state index < -0.39 is 98.3 Å². The summed E-state index contributed by atoms with van der Waals surface area (Å²) in [7, 11) is 2.63. The van der Waals surface area contributed by atoms with Gasteiger partial charge in [-0.15, -0.1) is 0 Å². The van der Waals surface area contributed by atoms with Crippen molar-refractivity contribution >= 4 is 35.0 Å². The summed E-state index contributed by atoms with van der Waals surface area (Å²) in [6, 6.07) is 1.09. The molecular formula is C30H38N6O9. The fraction of sp³-hybridized carbons (Fsp3) is 0.567. The first-order valence-electron chi connectivity index (χ1n) is 14.3. The first-order chi connectivity index (χ1) is 20.7. The largest absolute Gasteiger partial charge is 0.507 e. The second-order valence-electron chi connectivity index (χ2n) is 13.1. The van der Waals surface area contributed by atoms with Gasteiger partial charge in [0.05, 0.1) is 47.5 Å². The fourth-order valence-electron chi connectivity index (χ4n) is 7.67. The van der Waals surface area contributed by atoms with Crippen molar-refractivity contribution in [2.75, 3.05) is 20.7 Å². The Labute approximate surface area is 258 Å². The summed E-state index contributed by atoms with van der Waals surface area (Å²) in [5, 5.41) is 34.0. The van der Waals surface area contributed by atoms with Crippen LogP contribution in [0.3, 0.4) is 0 Å². The number of aromatic hydroxyl groups is 1. The van der Waals surface area contributed by atoms with Crippen LogP contribution in [0.15, 0.2) is 12.1 Å². The molecule has 45 heavy (non-hydrogen) atoms. The van der Waals surface area contributed by atoms with Crippen molar-refractivity contribution in [2.45, 2.75) is 68.3 Å². The van der Waals surface area contributed by atoms with E-state index in [0.717, 1.165) is 4.90 Å². The average Bonchev–Trinajstić information content (AvgIpc) is 2.92. The van der Waals surface area contributed by atoms with Crippen LogP contribution in [0.25, 0.3) is 0 Å². The molecule has 242 valence electrons. The molecule has 0 radical (unpaired) electrons. The second-order valence-corrected chi connectivity index (χ2v) is 13.1. The summed E-state index contributed by atoms with van der Waals surface area (Å²) in [6.45, 7) is 4.94. The maximum Gasteiger partial charge on any atom is 0.302 e. The lowest BCUT2D eigenvalue weighted by Crippen LogP contribution is -2.92. The lowest BCUT2D eigenvalue weighted by Gasteiger charge is -2.64. The molecule has 2 saturated carbocycles. The number of nitrogens with zero attached hydrogens (tertiary/aromatic N) is 2. The van der Waals surface area contributed by atoms with Gasteiger partial charge in [0, 0.05) is 12.5 Å². The highest BCUT2D eigenvalue weighted by molar-refractivity contribution is 6.33. The molecule has 0 aliphatic heterocycles. The number of aliphatic hydroxyl groups excluding tert-OH is 1. The van der Waals surface area contributed by atoms with Gasteiger partial charge in [0.1, 0.15) is 11.7 Å². The molecule has 1 aromatic carbocycles. The zero-order valence-corrected chi connectivity index (χ0v) is 25.6. The summed E-state index contributed by atoms with van der Waals surface area (Å²) < 4.78 is 4.98. The Morgan fingerprint density at radius 1 is 1.13 bits per heavy atom. The van der Waals surface area contributed by atoms with E-state index in [0.29, 0.717) is 12.8 Å². The van der Waals surface area contributed by atoms with Gasteiger partial charge in [0.25, 0.3) is 0 Å². The second kappa shape index (κ2) is 10.8. The molecular weight excluding hydrogens is 588 g/mol. The summed E-state index contributed by atoms with van der Waals surface area (Å²) in [5.74, 6) is -12.3. The molecule has 0 saturated heterocycles. The Morgan fingerprint density at radius 2 is 1.73 bits per heavy atom. The van der Waals surface area contributed by atoms with Gasteiger partial charge in [0.15, 0.2) is 34.5 Å². The van der Waals surface area contributed by atoms with E-state index in [1.54, 1.807) is 19.9 Å². The van der Waals surface area contributed by atoms with Crippen LogP contribution >= 0.6 is 0 Å². The molecule has 15 nitrogen and oxygen atoms in total. The maximum absolute atomic E-state index is 14.5. The van der Waals surface area contributed by atoms with Crippen LogP contribution in [0.4, 0.5) is 0 Å². The number of fused-ring (bicyclic) bond motifs is 3. The number of phenols is 1. The number of benzene rings is 1. The highest BCUT2D eigenvalue weighted by Crippen LogP contribution is 2.58. The van der Waals surface area contributed by atoms with Crippen LogP contribution in [-0.2, 0) is 34.1 Å². The average molecular weight is 627 g/mol. The number of nitriles is 1. The monoisotopic (exact) mass is 626 g/mol. The number of carbonyl (C=O) groups is 6. The lowest BCUT2D eigenvalue weighted by atomic mass is 9.41. The Kier molecular flexibility index (Phi) is 8.10. The van der Waals surface area contributed by atoms with Gasteiger partial charge in [-0.05, 0) is 37.9 Å². The van der Waals surface area contributed by atoms with Crippen LogP contribution in [0.1, 0.15) is 61.1 Å². The Morgan fingerprint density at radius 3 is 2.24 bits per heavy atom. The molecule has 0 bridgehead atoms. The number of primary amides is 1. The Balaban J connectivity index is 1.95. The van der Waals surface area contributed by atoms with Crippen LogP contribution in [0, 0.1) is 28.6 Å². The molecule has 2 unspecified atom stereocenters. The highest BCUT2D eigenvalue weighted by atomic mass is 16.5. The molecule has 10 N–H and O–H groups in total. The van der Waals surface area contributed by atoms with E-state index in [2.05, 4.69) is 0 Å². The van der Waals surface area contributed by atoms with Crippen molar-refractivity contribution in [2.24, 2.45) is 40.2 Å². The van der Waals surface area contributed by atoms with Gasteiger partial charge < -0.3 is 37.9 Å². The van der Waals surface area contributed by atoms with E-state index in [4.69, 9.17) is 27.7 Å². The molecule has 0 heterocycles. The van der Waals surface area contributed by atoms with Crippen molar-refractivity contribution in [1.29, 1.82) is 5.26 Å². The smallest absolute Gasteiger partial charge is 0.302 e. The number of carbonyl (C=O) groups excluding carboxylic acids is 6. The van der Waals surface area contributed by atoms with Crippen LogP contribution < -0.4 is 22.9 Å². The first-order valence-corrected chi connectivity index (χ1v) is 14.3. The predicted molar refractivity (Wildman–Crippen MR) is 155 cm³/mol. The molecule has 0 spiro atoms. The number of amides is 1. The lowest BCUT2D eigenvalue weighted by molar-refractivity contribution is -0.181. The van der Waals surface area contributed by atoms with Gasteiger partial charge in [-0.1, -0.05) is 26.0 Å². The number of nitrogens with two attached hydrogens (primary N) is 4. The summed E-state index contributed by atoms with van der Waals surface area (Å²) >= 11 is 0.